The second-order valence-electron chi connectivity index (χ2n) is 7.50. The van der Waals surface area contributed by atoms with Crippen molar-refractivity contribution in [3.63, 3.8) is 0 Å². The van der Waals surface area contributed by atoms with Gasteiger partial charge in [-0.05, 0) is 48.7 Å². The Morgan fingerprint density at radius 2 is 1.90 bits per heavy atom. The highest BCUT2D eigenvalue weighted by molar-refractivity contribution is 6.31. The highest BCUT2D eigenvalue weighted by Crippen LogP contribution is 2.49. The van der Waals surface area contributed by atoms with E-state index in [2.05, 4.69) is 0 Å². The third kappa shape index (κ3) is 3.26. The van der Waals surface area contributed by atoms with Gasteiger partial charge in [-0.15, -0.1) is 0 Å². The number of nitriles is 1. The standard InChI is InChI=1S/C22H22ClNO6/c1-2-28-16-6-3-13(4-7-16)9-14-10-15(5-8-17(14)23)22-20(27)18(25)19(26)21(11-24,30-22)12-29-22/h3-8,10,18-20,25-27H,2,9,12H2,1H3/t18-,19-,20+,21-,22-/m0/s1. The van der Waals surface area contributed by atoms with E-state index in [0.717, 1.165) is 16.9 Å². The lowest BCUT2D eigenvalue weighted by Gasteiger charge is -2.43. The maximum atomic E-state index is 10.7. The zero-order valence-electron chi connectivity index (χ0n) is 16.3. The number of halogens is 1. The van der Waals surface area contributed by atoms with Crippen LogP contribution in [0, 0.1) is 11.3 Å². The average Bonchev–Trinajstić information content (AvgIpc) is 3.14. The van der Waals surface area contributed by atoms with E-state index in [9.17, 15) is 20.6 Å². The van der Waals surface area contributed by atoms with Crippen molar-refractivity contribution in [3.05, 3.63) is 64.2 Å². The van der Waals surface area contributed by atoms with E-state index in [1.165, 1.54) is 0 Å². The minimum Gasteiger partial charge on any atom is -0.494 e. The molecule has 2 saturated heterocycles. The predicted octanol–water partition coefficient (Wildman–Crippen LogP) is 1.89. The van der Waals surface area contributed by atoms with Crippen LogP contribution in [0.2, 0.25) is 5.02 Å². The van der Waals surface area contributed by atoms with Crippen molar-refractivity contribution < 1.29 is 29.5 Å². The summed E-state index contributed by atoms with van der Waals surface area (Å²) in [5.74, 6) is -0.995. The van der Waals surface area contributed by atoms with Crippen LogP contribution < -0.4 is 4.74 Å². The molecule has 2 aliphatic rings. The van der Waals surface area contributed by atoms with Crippen LogP contribution in [0.25, 0.3) is 0 Å². The minimum atomic E-state index is -1.77. The molecule has 0 radical (unpaired) electrons. The zero-order chi connectivity index (χ0) is 21.5. The summed E-state index contributed by atoms with van der Waals surface area (Å²) in [7, 11) is 0. The third-order valence-electron chi connectivity index (χ3n) is 5.62. The minimum absolute atomic E-state index is 0.282. The Balaban J connectivity index is 1.67. The van der Waals surface area contributed by atoms with Gasteiger partial charge in [-0.25, -0.2) is 0 Å². The molecule has 2 aromatic rings. The summed E-state index contributed by atoms with van der Waals surface area (Å²) in [5.41, 5.74) is 0.396. The van der Waals surface area contributed by atoms with Crippen LogP contribution >= 0.6 is 11.6 Å². The largest absolute Gasteiger partial charge is 0.494 e. The van der Waals surface area contributed by atoms with Crippen LogP contribution in [-0.2, 0) is 21.7 Å². The topological polar surface area (TPSA) is 112 Å². The van der Waals surface area contributed by atoms with Gasteiger partial charge in [0.2, 0.25) is 11.4 Å². The lowest BCUT2D eigenvalue weighted by Crippen LogP contribution is -2.63. The molecule has 4 rings (SSSR count). The molecular formula is C22H22ClNO6. The van der Waals surface area contributed by atoms with Gasteiger partial charge in [0.25, 0.3) is 0 Å². The predicted molar refractivity (Wildman–Crippen MR) is 107 cm³/mol. The molecule has 0 aromatic heterocycles. The Kier molecular flexibility index (Phi) is 5.49. The fourth-order valence-corrected chi connectivity index (χ4v) is 4.14. The lowest BCUT2D eigenvalue weighted by molar-refractivity contribution is -0.315. The summed E-state index contributed by atoms with van der Waals surface area (Å²) in [6, 6.07) is 14.5. The van der Waals surface area contributed by atoms with E-state index >= 15 is 0 Å². The SMILES string of the molecule is CCOc1ccc(Cc2cc([C@]34OC[C@](C#N)(O3)[C@@H](O)[C@H](O)[C@H]4O)ccc2Cl)cc1. The van der Waals surface area contributed by atoms with Gasteiger partial charge in [-0.2, -0.15) is 5.26 Å². The Bertz CT molecular complexity index is 977. The summed E-state index contributed by atoms with van der Waals surface area (Å²) < 4.78 is 17.0. The summed E-state index contributed by atoms with van der Waals surface area (Å²) in [5, 5.41) is 41.3. The molecule has 2 aromatic carbocycles. The highest BCUT2D eigenvalue weighted by Gasteiger charge is 2.67. The van der Waals surface area contributed by atoms with E-state index in [-0.39, 0.29) is 6.61 Å². The molecule has 2 bridgehead atoms. The van der Waals surface area contributed by atoms with Crippen molar-refractivity contribution in [1.29, 1.82) is 5.26 Å². The maximum absolute atomic E-state index is 10.7. The molecule has 2 fully saturated rings. The van der Waals surface area contributed by atoms with Gasteiger partial charge in [0.05, 0.1) is 13.2 Å². The van der Waals surface area contributed by atoms with Gasteiger partial charge in [-0.1, -0.05) is 29.8 Å². The van der Waals surface area contributed by atoms with E-state index in [4.69, 9.17) is 25.8 Å². The number of aliphatic hydroxyl groups is 3. The monoisotopic (exact) mass is 431 g/mol. The molecule has 5 atom stereocenters. The maximum Gasteiger partial charge on any atom is 0.226 e. The molecule has 0 amide bonds. The normalized spacial score (nSPS) is 32.6. The molecule has 8 heteroatoms. The average molecular weight is 432 g/mol. The van der Waals surface area contributed by atoms with E-state index in [1.807, 2.05) is 37.3 Å². The van der Waals surface area contributed by atoms with Crippen molar-refractivity contribution in [1.82, 2.24) is 0 Å². The van der Waals surface area contributed by atoms with Crippen LogP contribution in [0.5, 0.6) is 5.75 Å². The number of hydrogen-bond acceptors (Lipinski definition) is 7. The molecular weight excluding hydrogens is 410 g/mol. The first-order valence-electron chi connectivity index (χ1n) is 9.65. The summed E-state index contributed by atoms with van der Waals surface area (Å²) in [6.07, 6.45) is -4.29. The molecule has 2 aliphatic heterocycles. The smallest absolute Gasteiger partial charge is 0.226 e. The summed E-state index contributed by atoms with van der Waals surface area (Å²) >= 11 is 6.40. The van der Waals surface area contributed by atoms with E-state index in [0.29, 0.717) is 23.6 Å². The quantitative estimate of drug-likeness (QED) is 0.662. The first-order valence-corrected chi connectivity index (χ1v) is 10.0. The first kappa shape index (κ1) is 21.1. The van der Waals surface area contributed by atoms with Crippen LogP contribution in [0.15, 0.2) is 42.5 Å². The Morgan fingerprint density at radius 3 is 2.57 bits per heavy atom. The molecule has 0 unspecified atom stereocenters. The highest BCUT2D eigenvalue weighted by atomic mass is 35.5. The Hall–Kier alpha value is -2.18. The third-order valence-corrected chi connectivity index (χ3v) is 5.98. The van der Waals surface area contributed by atoms with Crippen LogP contribution in [0.3, 0.4) is 0 Å². The van der Waals surface area contributed by atoms with Gasteiger partial charge in [0.1, 0.15) is 30.1 Å². The molecule has 30 heavy (non-hydrogen) atoms. The van der Waals surface area contributed by atoms with Crippen molar-refractivity contribution in [2.24, 2.45) is 0 Å². The van der Waals surface area contributed by atoms with Crippen molar-refractivity contribution >= 4 is 11.6 Å². The number of benzene rings is 2. The zero-order valence-corrected chi connectivity index (χ0v) is 17.0. The summed E-state index contributed by atoms with van der Waals surface area (Å²) in [6.45, 7) is 2.22. The van der Waals surface area contributed by atoms with E-state index < -0.39 is 29.7 Å². The molecule has 158 valence electrons. The second kappa shape index (κ2) is 7.82. The number of fused-ring (bicyclic) bond motifs is 2. The second-order valence-corrected chi connectivity index (χ2v) is 7.91. The Labute approximate surface area is 179 Å². The summed E-state index contributed by atoms with van der Waals surface area (Å²) in [4.78, 5) is 0. The van der Waals surface area contributed by atoms with Crippen LogP contribution in [-0.4, -0.2) is 52.4 Å². The molecule has 3 N–H and O–H groups in total. The molecule has 7 nitrogen and oxygen atoms in total. The number of rotatable bonds is 5. The van der Waals surface area contributed by atoms with Gasteiger partial charge in [0, 0.05) is 10.6 Å². The van der Waals surface area contributed by atoms with Gasteiger partial charge >= 0.3 is 0 Å². The molecule has 0 aliphatic carbocycles. The molecule has 0 spiro atoms. The molecule has 0 saturated carbocycles. The number of aliphatic hydroxyl groups excluding tert-OH is 3. The van der Waals surface area contributed by atoms with Crippen molar-refractivity contribution in [2.45, 2.75) is 43.0 Å². The Morgan fingerprint density at radius 1 is 1.17 bits per heavy atom. The van der Waals surface area contributed by atoms with E-state index in [1.54, 1.807) is 18.2 Å². The number of nitrogens with zero attached hydrogens (tertiary/aromatic N) is 1. The molecule has 2 heterocycles. The van der Waals surface area contributed by atoms with Crippen LogP contribution in [0.4, 0.5) is 0 Å². The van der Waals surface area contributed by atoms with Gasteiger partial charge < -0.3 is 29.5 Å². The van der Waals surface area contributed by atoms with Gasteiger partial charge in [-0.3, -0.25) is 0 Å². The van der Waals surface area contributed by atoms with Crippen LogP contribution in [0.1, 0.15) is 23.6 Å². The van der Waals surface area contributed by atoms with Crippen molar-refractivity contribution in [3.8, 4) is 11.8 Å². The fraction of sp³-hybridized carbons (Fsp3) is 0.409. The lowest BCUT2D eigenvalue weighted by atomic mass is 9.84. The van der Waals surface area contributed by atoms with Gasteiger partial charge in [0.15, 0.2) is 0 Å². The number of ether oxygens (including phenoxy) is 3. The fourth-order valence-electron chi connectivity index (χ4n) is 3.96. The first-order chi connectivity index (χ1) is 14.3. The van der Waals surface area contributed by atoms with Crippen molar-refractivity contribution in [2.75, 3.05) is 13.2 Å². The number of hydrogen-bond donors (Lipinski definition) is 3.